The van der Waals surface area contributed by atoms with Crippen LogP contribution in [0.15, 0.2) is 30.9 Å². The van der Waals surface area contributed by atoms with E-state index in [1.54, 1.807) is 0 Å². The van der Waals surface area contributed by atoms with Crippen LogP contribution >= 0.6 is 0 Å². The van der Waals surface area contributed by atoms with Crippen LogP contribution in [0.4, 0.5) is 5.82 Å². The number of nitrogens with zero attached hydrogens (tertiary/aromatic N) is 4. The van der Waals surface area contributed by atoms with Crippen LogP contribution in [0.1, 0.15) is 31.9 Å². The Balaban J connectivity index is 1.51. The Labute approximate surface area is 196 Å². The predicted octanol–water partition coefficient (Wildman–Crippen LogP) is 0.0225. The smallest absolute Gasteiger partial charge is 0.234 e. The van der Waals surface area contributed by atoms with Crippen molar-refractivity contribution in [3.8, 4) is 5.75 Å². The van der Waals surface area contributed by atoms with Gasteiger partial charge in [-0.1, -0.05) is 32.9 Å². The number of nitrogens with one attached hydrogen (secondary N) is 1. The molecule has 3 aromatic rings. The van der Waals surface area contributed by atoms with E-state index in [1.165, 1.54) is 22.8 Å². The van der Waals surface area contributed by atoms with Gasteiger partial charge in [-0.05, 0) is 29.0 Å². The summed E-state index contributed by atoms with van der Waals surface area (Å²) in [6, 6.07) is 5.92. The van der Waals surface area contributed by atoms with Gasteiger partial charge in [0.15, 0.2) is 11.5 Å². The van der Waals surface area contributed by atoms with Crippen LogP contribution in [0.2, 0.25) is 0 Å². The molecule has 5 rings (SSSR count). The van der Waals surface area contributed by atoms with E-state index in [9.17, 15) is 15.3 Å². The Morgan fingerprint density at radius 2 is 2.03 bits per heavy atom. The van der Waals surface area contributed by atoms with Crippen LogP contribution in [0.3, 0.4) is 0 Å². The molecule has 6 N–H and O–H groups in total. The summed E-state index contributed by atoms with van der Waals surface area (Å²) in [5, 5.41) is 34.8. The topological polar surface area (TPSA) is 161 Å². The molecule has 0 aliphatic carbocycles. The molecular formula is C23H30N6O5. The van der Waals surface area contributed by atoms with Crippen molar-refractivity contribution in [2.24, 2.45) is 0 Å². The van der Waals surface area contributed by atoms with Gasteiger partial charge < -0.3 is 30.5 Å². The molecule has 2 aromatic heterocycles. The van der Waals surface area contributed by atoms with Crippen molar-refractivity contribution in [3.63, 3.8) is 0 Å². The Kier molecular flexibility index (Phi) is 5.49. The maximum Gasteiger partial charge on any atom is 0.234 e. The van der Waals surface area contributed by atoms with Crippen LogP contribution in [0.5, 0.6) is 5.75 Å². The predicted molar refractivity (Wildman–Crippen MR) is 123 cm³/mol. The molecule has 11 heteroatoms. The van der Waals surface area contributed by atoms with Gasteiger partial charge in [-0.15, -0.1) is 0 Å². The first-order valence-electron chi connectivity index (χ1n) is 11.3. The molecule has 1 aromatic carbocycles. The van der Waals surface area contributed by atoms with Gasteiger partial charge in [-0.25, -0.2) is 15.0 Å². The number of imidazole rings is 1. The van der Waals surface area contributed by atoms with E-state index in [2.05, 4.69) is 53.2 Å². The summed E-state index contributed by atoms with van der Waals surface area (Å²) in [5.74, 6) is -0.663. The number of aromatic nitrogens is 4. The Morgan fingerprint density at radius 3 is 2.74 bits per heavy atom. The second-order valence-corrected chi connectivity index (χ2v) is 9.95. The first-order chi connectivity index (χ1) is 16.1. The molecule has 0 radical (unpaired) electrons. The fourth-order valence-electron chi connectivity index (χ4n) is 4.66. The van der Waals surface area contributed by atoms with Crippen LogP contribution in [-0.2, 0) is 22.4 Å². The molecule has 182 valence electrons. The number of hydrogen-bond donors (Lipinski definition) is 5. The standard InChI is InChI=1S/C23H30N6O5/c1-22(2,3)13-5-4-12-6-14(9-33-15(12)7-13)28-23(19(32)18(31)16(8-30)34-23)29-11-27-17-20(24)25-10-26-21(17)29/h4-5,7,10-11,14,16,18-19,28,30-32H,6,8-9H2,1-3H3,(H2,24,25,26)/t14?,16-,18-,19-,23+/m1/s1. The van der Waals surface area contributed by atoms with E-state index in [0.717, 1.165) is 11.3 Å². The molecule has 0 saturated carbocycles. The Hall–Kier alpha value is -2.83. The van der Waals surface area contributed by atoms with Crippen molar-refractivity contribution in [3.05, 3.63) is 42.0 Å². The summed E-state index contributed by atoms with van der Waals surface area (Å²) in [6.07, 6.45) is -0.502. The molecule has 1 fully saturated rings. The van der Waals surface area contributed by atoms with E-state index in [-0.39, 0.29) is 17.3 Å². The second-order valence-electron chi connectivity index (χ2n) is 9.95. The highest BCUT2D eigenvalue weighted by Gasteiger charge is 2.57. The van der Waals surface area contributed by atoms with E-state index in [0.29, 0.717) is 24.2 Å². The molecule has 1 unspecified atom stereocenters. The van der Waals surface area contributed by atoms with E-state index < -0.39 is 30.8 Å². The van der Waals surface area contributed by atoms with Crippen molar-refractivity contribution < 1.29 is 24.8 Å². The van der Waals surface area contributed by atoms with Gasteiger partial charge in [0.05, 0.1) is 6.61 Å². The number of ether oxygens (including phenoxy) is 2. The van der Waals surface area contributed by atoms with Gasteiger partial charge in [0, 0.05) is 6.04 Å². The van der Waals surface area contributed by atoms with Gasteiger partial charge in [0.2, 0.25) is 5.85 Å². The van der Waals surface area contributed by atoms with E-state index >= 15 is 0 Å². The van der Waals surface area contributed by atoms with Gasteiger partial charge in [0.25, 0.3) is 0 Å². The molecule has 1 saturated heterocycles. The number of fused-ring (bicyclic) bond motifs is 2. The third-order valence-electron chi connectivity index (χ3n) is 6.59. The summed E-state index contributed by atoms with van der Waals surface area (Å²) in [6.45, 7) is 6.28. The lowest BCUT2D eigenvalue weighted by Crippen LogP contribution is -2.61. The lowest BCUT2D eigenvalue weighted by Gasteiger charge is -2.39. The number of nitrogen functional groups attached to an aromatic ring is 1. The molecule has 4 heterocycles. The number of rotatable bonds is 4. The minimum absolute atomic E-state index is 0.000963. The molecule has 2 aliphatic heterocycles. The van der Waals surface area contributed by atoms with Crippen LogP contribution in [0.25, 0.3) is 11.2 Å². The van der Waals surface area contributed by atoms with Crippen molar-refractivity contribution in [2.45, 2.75) is 62.8 Å². The zero-order valence-corrected chi connectivity index (χ0v) is 19.3. The number of benzene rings is 1. The first kappa shape index (κ1) is 22.9. The van der Waals surface area contributed by atoms with Gasteiger partial charge >= 0.3 is 0 Å². The highest BCUT2D eigenvalue weighted by Crippen LogP contribution is 2.38. The largest absolute Gasteiger partial charge is 0.492 e. The number of nitrogens with two attached hydrogens (primary N) is 1. The molecule has 11 nitrogen and oxygen atoms in total. The normalized spacial score (nSPS) is 29.2. The van der Waals surface area contributed by atoms with E-state index in [1.807, 2.05) is 6.07 Å². The zero-order valence-electron chi connectivity index (χ0n) is 19.3. The van der Waals surface area contributed by atoms with Gasteiger partial charge in [0.1, 0.15) is 48.8 Å². The summed E-state index contributed by atoms with van der Waals surface area (Å²) >= 11 is 0. The zero-order chi connectivity index (χ0) is 24.3. The highest BCUT2D eigenvalue weighted by atomic mass is 16.6. The third kappa shape index (κ3) is 3.60. The summed E-state index contributed by atoms with van der Waals surface area (Å²) < 4.78 is 13.6. The third-order valence-corrected chi connectivity index (χ3v) is 6.59. The van der Waals surface area contributed by atoms with Crippen molar-refractivity contribution in [2.75, 3.05) is 18.9 Å². The monoisotopic (exact) mass is 470 g/mol. The lowest BCUT2D eigenvalue weighted by atomic mass is 9.85. The Morgan fingerprint density at radius 1 is 1.24 bits per heavy atom. The molecule has 0 spiro atoms. The Bertz CT molecular complexity index is 1210. The number of aliphatic hydroxyl groups is 3. The SMILES string of the molecule is CC(C)(C)c1ccc2c(c1)OCC(N[C@@]1(n3cnc4c(N)ncnc43)O[C@H](CO)[C@@H](O)[C@H]1O)C2. The molecule has 0 amide bonds. The fourth-order valence-corrected chi connectivity index (χ4v) is 4.66. The maximum absolute atomic E-state index is 11.1. The van der Waals surface area contributed by atoms with Gasteiger partial charge in [-0.3, -0.25) is 9.88 Å². The summed E-state index contributed by atoms with van der Waals surface area (Å²) in [7, 11) is 0. The first-order valence-corrected chi connectivity index (χ1v) is 11.3. The van der Waals surface area contributed by atoms with Crippen molar-refractivity contribution in [1.82, 2.24) is 24.8 Å². The molecule has 5 atom stereocenters. The van der Waals surface area contributed by atoms with Crippen molar-refractivity contribution >= 4 is 17.0 Å². The van der Waals surface area contributed by atoms with Crippen molar-refractivity contribution in [1.29, 1.82) is 0 Å². The minimum atomic E-state index is -1.67. The van der Waals surface area contributed by atoms with Crippen LogP contribution in [-0.4, -0.2) is 72.4 Å². The molecule has 2 aliphatic rings. The average Bonchev–Trinajstić information content (AvgIpc) is 3.35. The van der Waals surface area contributed by atoms with E-state index in [4.69, 9.17) is 15.2 Å². The fraction of sp³-hybridized carbons (Fsp3) is 0.522. The van der Waals surface area contributed by atoms with Crippen LogP contribution < -0.4 is 15.8 Å². The maximum atomic E-state index is 11.1. The quantitative estimate of drug-likeness (QED) is 0.352. The highest BCUT2D eigenvalue weighted by molar-refractivity contribution is 5.81. The minimum Gasteiger partial charge on any atom is -0.492 e. The van der Waals surface area contributed by atoms with Crippen LogP contribution in [0, 0.1) is 0 Å². The number of anilines is 1. The molecule has 34 heavy (non-hydrogen) atoms. The summed E-state index contributed by atoms with van der Waals surface area (Å²) in [5.41, 5.74) is 8.79. The average molecular weight is 471 g/mol. The summed E-state index contributed by atoms with van der Waals surface area (Å²) in [4.78, 5) is 12.5. The number of aliphatic hydroxyl groups excluding tert-OH is 3. The number of hydrogen-bond acceptors (Lipinski definition) is 10. The van der Waals surface area contributed by atoms with Gasteiger partial charge in [-0.2, -0.15) is 0 Å². The molecule has 0 bridgehead atoms. The molecular weight excluding hydrogens is 440 g/mol. The second kappa shape index (κ2) is 8.14. The lowest BCUT2D eigenvalue weighted by molar-refractivity contribution is -0.175.